The zero-order valence-electron chi connectivity index (χ0n) is 20.8. The van der Waals surface area contributed by atoms with Crippen molar-refractivity contribution in [1.82, 2.24) is 9.99 Å². The molecule has 6 heteroatoms. The molecule has 182 valence electrons. The number of rotatable bonds is 24. The van der Waals surface area contributed by atoms with E-state index < -0.39 is 7.75 Å². The van der Waals surface area contributed by atoms with Crippen LogP contribution in [0.3, 0.4) is 0 Å². The van der Waals surface area contributed by atoms with Gasteiger partial charge in [-0.2, -0.15) is 0 Å². The molecule has 0 atom stereocenters. The molecule has 0 unspecified atom stereocenters. The van der Waals surface area contributed by atoms with E-state index in [-0.39, 0.29) is 0 Å². The molecule has 0 saturated heterocycles. The summed E-state index contributed by atoms with van der Waals surface area (Å²) in [7, 11) is 0.978. The van der Waals surface area contributed by atoms with Crippen LogP contribution in [0.15, 0.2) is 0 Å². The Morgan fingerprint density at radius 3 is 1.50 bits per heavy atom. The Kier molecular flexibility index (Phi) is 22.3. The van der Waals surface area contributed by atoms with Gasteiger partial charge < -0.3 is 4.90 Å². The summed E-state index contributed by atoms with van der Waals surface area (Å²) in [5.74, 6) is 0. The lowest BCUT2D eigenvalue weighted by atomic mass is 10.1. The molecular formula is C24H53N2O3P. The van der Waals surface area contributed by atoms with E-state index in [0.29, 0.717) is 19.8 Å². The molecule has 30 heavy (non-hydrogen) atoms. The first-order valence-electron chi connectivity index (χ1n) is 12.8. The van der Waals surface area contributed by atoms with Gasteiger partial charge in [-0.15, -0.1) is 0 Å². The van der Waals surface area contributed by atoms with Crippen LogP contribution in [0.2, 0.25) is 0 Å². The summed E-state index contributed by atoms with van der Waals surface area (Å²) in [5, 5.41) is 3.10. The lowest BCUT2D eigenvalue weighted by molar-refractivity contribution is 0.189. The molecular weight excluding hydrogens is 395 g/mol. The molecule has 0 rings (SSSR count). The highest BCUT2D eigenvalue weighted by Gasteiger charge is 2.23. The largest absolute Gasteiger partial charge is 0.405 e. The van der Waals surface area contributed by atoms with Crippen molar-refractivity contribution in [3.63, 3.8) is 0 Å². The number of hydrogen-bond acceptors (Lipinski definition) is 4. The fourth-order valence-electron chi connectivity index (χ4n) is 3.39. The fraction of sp³-hybridized carbons (Fsp3) is 1.00. The molecule has 1 N–H and O–H groups in total. The van der Waals surface area contributed by atoms with Gasteiger partial charge in [0, 0.05) is 6.54 Å². The average Bonchev–Trinajstić information content (AvgIpc) is 2.71. The second kappa shape index (κ2) is 22.3. The first-order chi connectivity index (χ1) is 14.5. The van der Waals surface area contributed by atoms with Crippen LogP contribution in [0.25, 0.3) is 0 Å². The van der Waals surface area contributed by atoms with E-state index in [1.165, 1.54) is 64.2 Å². The summed E-state index contributed by atoms with van der Waals surface area (Å²) in [6, 6.07) is 0. The summed E-state index contributed by atoms with van der Waals surface area (Å²) in [6.07, 6.45) is 19.2. The summed E-state index contributed by atoms with van der Waals surface area (Å²) in [6.45, 7) is 7.25. The Morgan fingerprint density at radius 1 is 0.633 bits per heavy atom. The van der Waals surface area contributed by atoms with Gasteiger partial charge in [0.05, 0.1) is 13.2 Å². The highest BCUT2D eigenvalue weighted by Crippen LogP contribution is 2.44. The van der Waals surface area contributed by atoms with Gasteiger partial charge in [0.15, 0.2) is 0 Å². The molecule has 0 heterocycles. The highest BCUT2D eigenvalue weighted by molar-refractivity contribution is 7.51. The van der Waals surface area contributed by atoms with Crippen LogP contribution in [0.4, 0.5) is 0 Å². The minimum absolute atomic E-state index is 0.521. The van der Waals surface area contributed by atoms with Gasteiger partial charge in [-0.05, 0) is 46.3 Å². The van der Waals surface area contributed by atoms with E-state index in [9.17, 15) is 4.57 Å². The molecule has 0 aromatic carbocycles. The SMILES string of the molecule is CCCCCCCCCOP(=O)(NCCCCN(C)C)OCCCCCCCCC. The van der Waals surface area contributed by atoms with Crippen molar-refractivity contribution in [3.8, 4) is 0 Å². The molecule has 0 saturated carbocycles. The van der Waals surface area contributed by atoms with Crippen molar-refractivity contribution >= 4 is 7.75 Å². The normalized spacial score (nSPS) is 12.2. The van der Waals surface area contributed by atoms with Crippen LogP contribution >= 0.6 is 7.75 Å². The average molecular weight is 449 g/mol. The van der Waals surface area contributed by atoms with Crippen molar-refractivity contribution in [2.24, 2.45) is 0 Å². The van der Waals surface area contributed by atoms with E-state index >= 15 is 0 Å². The standard InChI is InChI=1S/C24H53N2O3P/c1-5-7-9-11-13-15-19-23-28-30(27,25-21-17-18-22-26(3)4)29-24-20-16-14-12-10-8-6-2/h5-24H2,1-4H3,(H,25,27). The van der Waals surface area contributed by atoms with E-state index in [1.807, 2.05) is 0 Å². The van der Waals surface area contributed by atoms with Crippen molar-refractivity contribution in [1.29, 1.82) is 0 Å². The number of nitrogens with zero attached hydrogens (tertiary/aromatic N) is 1. The van der Waals surface area contributed by atoms with E-state index in [2.05, 4.69) is 37.9 Å². The fourth-order valence-corrected chi connectivity index (χ4v) is 4.81. The Morgan fingerprint density at radius 2 is 1.07 bits per heavy atom. The summed E-state index contributed by atoms with van der Waals surface area (Å²) < 4.78 is 24.6. The molecule has 5 nitrogen and oxygen atoms in total. The second-order valence-electron chi connectivity index (χ2n) is 8.83. The van der Waals surface area contributed by atoms with Crippen LogP contribution in [-0.4, -0.2) is 45.3 Å². The third-order valence-corrected chi connectivity index (χ3v) is 7.01. The van der Waals surface area contributed by atoms with E-state index in [4.69, 9.17) is 9.05 Å². The zero-order chi connectivity index (χ0) is 22.3. The quantitative estimate of drug-likeness (QED) is 0.122. The Bertz CT molecular complexity index is 371. The maximum atomic E-state index is 13.1. The number of unbranched alkanes of at least 4 members (excludes halogenated alkanes) is 13. The topological polar surface area (TPSA) is 50.8 Å². The van der Waals surface area contributed by atoms with Crippen LogP contribution in [0, 0.1) is 0 Å². The first-order valence-corrected chi connectivity index (χ1v) is 14.4. The Hall–Kier alpha value is 0.0700. The van der Waals surface area contributed by atoms with Gasteiger partial charge in [0.25, 0.3) is 0 Å². The summed E-state index contributed by atoms with van der Waals surface area (Å²) in [4.78, 5) is 2.17. The Balaban J connectivity index is 4.06. The molecule has 0 radical (unpaired) electrons. The smallest absolute Gasteiger partial charge is 0.309 e. The molecule has 0 aliphatic carbocycles. The van der Waals surface area contributed by atoms with Gasteiger partial charge >= 0.3 is 7.75 Å². The van der Waals surface area contributed by atoms with Gasteiger partial charge in [0.1, 0.15) is 0 Å². The van der Waals surface area contributed by atoms with Crippen molar-refractivity contribution in [3.05, 3.63) is 0 Å². The van der Waals surface area contributed by atoms with Crippen LogP contribution in [0.1, 0.15) is 117 Å². The molecule has 0 aromatic rings. The molecule has 0 fully saturated rings. The highest BCUT2D eigenvalue weighted by atomic mass is 31.2. The molecule has 0 bridgehead atoms. The zero-order valence-corrected chi connectivity index (χ0v) is 21.7. The second-order valence-corrected chi connectivity index (χ2v) is 10.7. The number of hydrogen-bond donors (Lipinski definition) is 1. The maximum Gasteiger partial charge on any atom is 0.405 e. The van der Waals surface area contributed by atoms with Gasteiger partial charge in [-0.3, -0.25) is 9.05 Å². The van der Waals surface area contributed by atoms with Gasteiger partial charge in [0.2, 0.25) is 0 Å². The van der Waals surface area contributed by atoms with Crippen LogP contribution in [0.5, 0.6) is 0 Å². The van der Waals surface area contributed by atoms with Crippen molar-refractivity contribution in [2.75, 3.05) is 40.4 Å². The van der Waals surface area contributed by atoms with E-state index in [1.54, 1.807) is 0 Å². The van der Waals surface area contributed by atoms with Gasteiger partial charge in [-0.1, -0.05) is 90.9 Å². The van der Waals surface area contributed by atoms with Crippen LogP contribution in [-0.2, 0) is 13.6 Å². The molecule has 0 spiro atoms. The predicted octanol–water partition coefficient (Wildman–Crippen LogP) is 7.56. The lowest BCUT2D eigenvalue weighted by Crippen LogP contribution is -2.19. The van der Waals surface area contributed by atoms with E-state index in [0.717, 1.165) is 45.1 Å². The number of nitrogens with one attached hydrogen (secondary N) is 1. The van der Waals surface area contributed by atoms with Gasteiger partial charge in [-0.25, -0.2) is 9.65 Å². The molecule has 0 aliphatic rings. The van der Waals surface area contributed by atoms with Crippen molar-refractivity contribution in [2.45, 2.75) is 117 Å². The lowest BCUT2D eigenvalue weighted by Gasteiger charge is -2.20. The first kappa shape index (κ1) is 30.1. The van der Waals surface area contributed by atoms with Crippen molar-refractivity contribution < 1.29 is 13.6 Å². The summed E-state index contributed by atoms with van der Waals surface area (Å²) >= 11 is 0. The van der Waals surface area contributed by atoms with Crippen LogP contribution < -0.4 is 5.09 Å². The summed E-state index contributed by atoms with van der Waals surface area (Å²) in [5.41, 5.74) is 0. The molecule has 0 aromatic heterocycles. The Labute approximate surface area is 188 Å². The monoisotopic (exact) mass is 448 g/mol. The maximum absolute atomic E-state index is 13.1. The molecule has 0 amide bonds. The minimum atomic E-state index is -3.18. The molecule has 0 aliphatic heterocycles. The third-order valence-electron chi connectivity index (χ3n) is 5.36. The minimum Gasteiger partial charge on any atom is -0.309 e. The predicted molar refractivity (Wildman–Crippen MR) is 131 cm³/mol. The third kappa shape index (κ3) is 21.3.